The van der Waals surface area contributed by atoms with Crippen LogP contribution in [0.3, 0.4) is 0 Å². The van der Waals surface area contributed by atoms with Gasteiger partial charge in [0.1, 0.15) is 5.82 Å². The van der Waals surface area contributed by atoms with Gasteiger partial charge < -0.3 is 5.73 Å². The molecule has 13 heavy (non-hydrogen) atoms. The Hall–Kier alpha value is -0.420. The maximum atomic E-state index is 12.4. The van der Waals surface area contributed by atoms with E-state index in [9.17, 15) is 8.78 Å². The second-order valence-electron chi connectivity index (χ2n) is 2.34. The molecule has 1 heterocycles. The van der Waals surface area contributed by atoms with Gasteiger partial charge in [-0.1, -0.05) is 0 Å². The molecule has 0 unspecified atom stereocenters. The molecule has 0 aliphatic rings. The number of nitrogen functional groups attached to an aromatic ring is 1. The van der Waals surface area contributed by atoms with Crippen LogP contribution in [-0.2, 0) is 5.88 Å². The molecule has 2 nitrogen and oxygen atoms in total. The average Bonchev–Trinajstić information content (AvgIpc) is 2.09. The van der Waals surface area contributed by atoms with Crippen molar-refractivity contribution < 1.29 is 8.78 Å². The first-order chi connectivity index (χ1) is 6.06. The van der Waals surface area contributed by atoms with Gasteiger partial charge in [-0.15, -0.1) is 11.6 Å². The SMILES string of the molecule is Nc1nc(CCl)cc(C(F)F)c1Br. The summed E-state index contributed by atoms with van der Waals surface area (Å²) in [6, 6.07) is 1.23. The lowest BCUT2D eigenvalue weighted by Crippen LogP contribution is -2.00. The van der Waals surface area contributed by atoms with Gasteiger partial charge in [-0.3, -0.25) is 0 Å². The normalized spacial score (nSPS) is 10.8. The molecule has 0 aliphatic heterocycles. The summed E-state index contributed by atoms with van der Waals surface area (Å²) < 4.78 is 24.9. The Bertz CT molecular complexity index is 320. The van der Waals surface area contributed by atoms with Crippen LogP contribution in [0.1, 0.15) is 17.7 Å². The lowest BCUT2D eigenvalue weighted by atomic mass is 10.2. The van der Waals surface area contributed by atoms with Crippen LogP contribution in [0.25, 0.3) is 0 Å². The zero-order valence-corrected chi connectivity index (χ0v) is 8.74. The molecular formula is C7H6BrClF2N2. The van der Waals surface area contributed by atoms with Gasteiger partial charge in [0.25, 0.3) is 6.43 Å². The Morgan fingerprint density at radius 1 is 1.62 bits per heavy atom. The number of halogens is 4. The number of hydrogen-bond acceptors (Lipinski definition) is 2. The number of nitrogens with two attached hydrogens (primary N) is 1. The molecular weight excluding hydrogens is 265 g/mol. The highest BCUT2D eigenvalue weighted by molar-refractivity contribution is 9.10. The molecule has 6 heteroatoms. The summed E-state index contributed by atoms with van der Waals surface area (Å²) in [5.41, 5.74) is 5.55. The summed E-state index contributed by atoms with van der Waals surface area (Å²) in [7, 11) is 0. The van der Waals surface area contributed by atoms with E-state index in [1.807, 2.05) is 0 Å². The highest BCUT2D eigenvalue weighted by Gasteiger charge is 2.15. The zero-order valence-electron chi connectivity index (χ0n) is 6.40. The van der Waals surface area contributed by atoms with Crippen LogP contribution < -0.4 is 5.73 Å². The predicted molar refractivity (Wildman–Crippen MR) is 50.9 cm³/mol. The molecule has 0 atom stereocenters. The Labute approximate surface area is 87.2 Å². The number of aromatic nitrogens is 1. The van der Waals surface area contributed by atoms with Crippen molar-refractivity contribution in [2.75, 3.05) is 5.73 Å². The molecule has 1 aromatic rings. The Morgan fingerprint density at radius 2 is 2.23 bits per heavy atom. The predicted octanol–water partition coefficient (Wildman–Crippen LogP) is 3.10. The Morgan fingerprint density at radius 3 is 2.69 bits per heavy atom. The van der Waals surface area contributed by atoms with Crippen molar-refractivity contribution >= 4 is 33.3 Å². The monoisotopic (exact) mass is 270 g/mol. The molecule has 1 aromatic heterocycles. The quantitative estimate of drug-likeness (QED) is 0.840. The van der Waals surface area contributed by atoms with Gasteiger partial charge in [-0.25, -0.2) is 13.8 Å². The van der Waals surface area contributed by atoms with E-state index >= 15 is 0 Å². The van der Waals surface area contributed by atoms with Gasteiger partial charge in [-0.2, -0.15) is 0 Å². The van der Waals surface area contributed by atoms with Crippen LogP contribution in [0.5, 0.6) is 0 Å². The molecule has 0 amide bonds. The third-order valence-corrected chi connectivity index (χ3v) is 2.57. The fourth-order valence-electron chi connectivity index (χ4n) is 0.854. The third kappa shape index (κ3) is 2.28. The molecule has 0 radical (unpaired) electrons. The van der Waals surface area contributed by atoms with Crippen LogP contribution in [0.2, 0.25) is 0 Å². The van der Waals surface area contributed by atoms with E-state index in [0.29, 0.717) is 5.69 Å². The van der Waals surface area contributed by atoms with E-state index in [4.69, 9.17) is 17.3 Å². The molecule has 0 aromatic carbocycles. The molecule has 0 saturated carbocycles. The molecule has 0 bridgehead atoms. The second kappa shape index (κ2) is 4.19. The summed E-state index contributed by atoms with van der Waals surface area (Å²) >= 11 is 8.38. The van der Waals surface area contributed by atoms with E-state index < -0.39 is 6.43 Å². The van der Waals surface area contributed by atoms with Gasteiger partial charge in [0, 0.05) is 5.56 Å². The number of rotatable bonds is 2. The highest BCUT2D eigenvalue weighted by atomic mass is 79.9. The summed E-state index contributed by atoms with van der Waals surface area (Å²) in [6.07, 6.45) is -2.58. The minimum Gasteiger partial charge on any atom is -0.383 e. The minimum absolute atomic E-state index is 0.0356. The summed E-state index contributed by atoms with van der Waals surface area (Å²) in [5, 5.41) is 0. The van der Waals surface area contributed by atoms with Gasteiger partial charge in [0.2, 0.25) is 0 Å². The van der Waals surface area contributed by atoms with E-state index in [1.54, 1.807) is 0 Å². The van der Waals surface area contributed by atoms with Crippen molar-refractivity contribution in [1.29, 1.82) is 0 Å². The van der Waals surface area contributed by atoms with E-state index in [1.165, 1.54) is 6.07 Å². The molecule has 0 fully saturated rings. The highest BCUT2D eigenvalue weighted by Crippen LogP contribution is 2.31. The minimum atomic E-state index is -2.58. The molecule has 0 aliphatic carbocycles. The summed E-state index contributed by atoms with van der Waals surface area (Å²) in [5.74, 6) is 0.102. The fraction of sp³-hybridized carbons (Fsp3) is 0.286. The molecule has 1 rings (SSSR count). The third-order valence-electron chi connectivity index (χ3n) is 1.44. The van der Waals surface area contributed by atoms with E-state index in [-0.39, 0.29) is 21.7 Å². The van der Waals surface area contributed by atoms with Crippen molar-refractivity contribution in [2.45, 2.75) is 12.3 Å². The van der Waals surface area contributed by atoms with Crippen LogP contribution in [-0.4, -0.2) is 4.98 Å². The van der Waals surface area contributed by atoms with Crippen LogP contribution >= 0.6 is 27.5 Å². The number of alkyl halides is 3. The lowest BCUT2D eigenvalue weighted by Gasteiger charge is -2.07. The molecule has 0 spiro atoms. The summed E-state index contributed by atoms with van der Waals surface area (Å²) in [6.45, 7) is 0. The van der Waals surface area contributed by atoms with Crippen LogP contribution in [0, 0.1) is 0 Å². The van der Waals surface area contributed by atoms with Crippen molar-refractivity contribution in [3.05, 3.63) is 21.8 Å². The topological polar surface area (TPSA) is 38.9 Å². The van der Waals surface area contributed by atoms with Crippen molar-refractivity contribution in [1.82, 2.24) is 4.98 Å². The van der Waals surface area contributed by atoms with Gasteiger partial charge in [-0.05, 0) is 22.0 Å². The fourth-order valence-corrected chi connectivity index (χ4v) is 1.37. The van der Waals surface area contributed by atoms with Crippen LogP contribution in [0.4, 0.5) is 14.6 Å². The summed E-state index contributed by atoms with van der Waals surface area (Å²) in [4.78, 5) is 3.80. The van der Waals surface area contributed by atoms with Gasteiger partial charge >= 0.3 is 0 Å². The number of nitrogens with zero attached hydrogens (tertiary/aromatic N) is 1. The lowest BCUT2D eigenvalue weighted by molar-refractivity contribution is 0.150. The Balaban J connectivity index is 3.25. The molecule has 0 saturated heterocycles. The average molecular weight is 271 g/mol. The molecule has 2 N–H and O–H groups in total. The first kappa shape index (κ1) is 10.7. The number of pyridine rings is 1. The van der Waals surface area contributed by atoms with E-state index in [0.717, 1.165) is 0 Å². The Kier molecular flexibility index (Phi) is 3.44. The van der Waals surface area contributed by atoms with Gasteiger partial charge in [0.15, 0.2) is 0 Å². The number of anilines is 1. The standard InChI is InChI=1S/C7H6BrClF2N2/c8-5-4(6(10)11)1-3(2-9)13-7(5)12/h1,6H,2H2,(H2,12,13). The van der Waals surface area contributed by atoms with Crippen molar-refractivity contribution in [3.8, 4) is 0 Å². The van der Waals surface area contributed by atoms with Crippen LogP contribution in [0.15, 0.2) is 10.5 Å². The largest absolute Gasteiger partial charge is 0.383 e. The second-order valence-corrected chi connectivity index (χ2v) is 3.40. The number of hydrogen-bond donors (Lipinski definition) is 1. The first-order valence-electron chi connectivity index (χ1n) is 3.35. The maximum absolute atomic E-state index is 12.4. The van der Waals surface area contributed by atoms with Crippen molar-refractivity contribution in [2.24, 2.45) is 0 Å². The van der Waals surface area contributed by atoms with Gasteiger partial charge in [0.05, 0.1) is 16.0 Å². The molecule has 72 valence electrons. The van der Waals surface area contributed by atoms with Crippen molar-refractivity contribution in [3.63, 3.8) is 0 Å². The van der Waals surface area contributed by atoms with E-state index in [2.05, 4.69) is 20.9 Å². The first-order valence-corrected chi connectivity index (χ1v) is 4.68. The maximum Gasteiger partial charge on any atom is 0.265 e. The zero-order chi connectivity index (χ0) is 10.0. The smallest absolute Gasteiger partial charge is 0.265 e.